The van der Waals surface area contributed by atoms with E-state index in [-0.39, 0.29) is 28.1 Å². The normalized spacial score (nSPS) is 10.7. The zero-order chi connectivity index (χ0) is 23.5. The Labute approximate surface area is 194 Å². The summed E-state index contributed by atoms with van der Waals surface area (Å²) in [6.45, 7) is 1.60. The summed E-state index contributed by atoms with van der Waals surface area (Å²) in [6.07, 6.45) is 0. The van der Waals surface area contributed by atoms with Crippen LogP contribution in [0.15, 0.2) is 77.6 Å². The number of rotatable bonds is 5. The summed E-state index contributed by atoms with van der Waals surface area (Å²) in [7, 11) is 1.50. The van der Waals surface area contributed by atoms with Crippen molar-refractivity contribution >= 4 is 23.3 Å². The average molecular weight is 464 g/mol. The first-order valence-corrected chi connectivity index (χ1v) is 10.4. The Balaban J connectivity index is 1.98. The number of amides is 1. The fourth-order valence-corrected chi connectivity index (χ4v) is 3.53. The van der Waals surface area contributed by atoms with Crippen LogP contribution in [0.2, 0.25) is 5.02 Å². The number of benzene rings is 3. The maximum absolute atomic E-state index is 13.3. The summed E-state index contributed by atoms with van der Waals surface area (Å²) >= 11 is 6.04. The summed E-state index contributed by atoms with van der Waals surface area (Å²) in [5.41, 5.74) is 1.37. The minimum Gasteiger partial charge on any atom is -0.496 e. The van der Waals surface area contributed by atoms with Crippen LogP contribution in [-0.2, 0) is 0 Å². The molecule has 0 aliphatic heterocycles. The number of hydrogen-bond acceptors (Lipinski definition) is 4. The Morgan fingerprint density at radius 2 is 1.70 bits per heavy atom. The number of nitrogens with zero attached hydrogens (tertiary/aromatic N) is 2. The molecule has 1 aromatic heterocycles. The van der Waals surface area contributed by atoms with Crippen molar-refractivity contribution < 1.29 is 13.9 Å². The number of methoxy groups -OCH3 is 1. The molecule has 0 aliphatic carbocycles. The smallest absolute Gasteiger partial charge is 0.256 e. The molecule has 6 nitrogen and oxygen atoms in total. The van der Waals surface area contributed by atoms with E-state index in [1.165, 1.54) is 36.1 Å². The van der Waals surface area contributed by atoms with Crippen LogP contribution in [0.1, 0.15) is 16.1 Å². The monoisotopic (exact) mass is 463 g/mol. The number of anilines is 1. The van der Waals surface area contributed by atoms with E-state index < -0.39 is 11.7 Å². The molecule has 8 heteroatoms. The Hall–Kier alpha value is -3.97. The van der Waals surface area contributed by atoms with E-state index in [2.05, 4.69) is 10.4 Å². The highest BCUT2D eigenvalue weighted by molar-refractivity contribution is 6.30. The minimum absolute atomic E-state index is 0.145. The van der Waals surface area contributed by atoms with Gasteiger partial charge in [-0.25, -0.2) is 9.07 Å². The van der Waals surface area contributed by atoms with E-state index in [0.29, 0.717) is 22.0 Å². The molecule has 0 fully saturated rings. The van der Waals surface area contributed by atoms with E-state index in [1.54, 1.807) is 55.5 Å². The minimum atomic E-state index is -0.529. The van der Waals surface area contributed by atoms with Gasteiger partial charge < -0.3 is 10.1 Å². The van der Waals surface area contributed by atoms with Crippen molar-refractivity contribution in [2.75, 3.05) is 12.4 Å². The summed E-state index contributed by atoms with van der Waals surface area (Å²) in [6, 6.07) is 18.9. The zero-order valence-corrected chi connectivity index (χ0v) is 18.6. The molecule has 1 amide bonds. The summed E-state index contributed by atoms with van der Waals surface area (Å²) in [5.74, 6) is -0.387. The molecule has 4 aromatic rings. The van der Waals surface area contributed by atoms with Gasteiger partial charge in [0.05, 0.1) is 18.4 Å². The van der Waals surface area contributed by atoms with Crippen molar-refractivity contribution in [1.82, 2.24) is 9.78 Å². The first kappa shape index (κ1) is 22.2. The highest BCUT2D eigenvalue weighted by atomic mass is 35.5. The molecule has 0 aliphatic rings. The molecule has 0 saturated heterocycles. The molecule has 3 aromatic carbocycles. The van der Waals surface area contributed by atoms with Gasteiger partial charge in [-0.15, -0.1) is 0 Å². The van der Waals surface area contributed by atoms with Gasteiger partial charge in [0.1, 0.15) is 23.1 Å². The SMILES string of the molecule is COc1ccccc1-c1c(NC(=O)c2ccc(F)cc2)n(-c2ccc(Cl)cc2)nc(C)c1=O. The molecule has 0 radical (unpaired) electrons. The molecular weight excluding hydrogens is 445 g/mol. The van der Waals surface area contributed by atoms with E-state index >= 15 is 0 Å². The van der Waals surface area contributed by atoms with E-state index in [4.69, 9.17) is 16.3 Å². The third-order valence-electron chi connectivity index (χ3n) is 5.04. The number of carbonyl (C=O) groups is 1. The molecule has 0 bridgehead atoms. The standard InChI is InChI=1S/C25H19ClFN3O3/c1-15-23(31)22(20-5-3-4-6-21(20)33-2)24(28-25(32)16-7-11-18(27)12-8-16)30(29-15)19-13-9-17(26)10-14-19/h3-14H,1-2H3,(H,28,32). The molecule has 0 saturated carbocycles. The van der Waals surface area contributed by atoms with Crippen LogP contribution in [0.5, 0.6) is 5.75 Å². The van der Waals surface area contributed by atoms with Crippen LogP contribution in [0.3, 0.4) is 0 Å². The van der Waals surface area contributed by atoms with Crippen LogP contribution >= 0.6 is 11.6 Å². The second-order valence-corrected chi connectivity index (χ2v) is 7.62. The topological polar surface area (TPSA) is 73.2 Å². The third kappa shape index (κ3) is 4.49. The lowest BCUT2D eigenvalue weighted by Gasteiger charge is -2.19. The van der Waals surface area contributed by atoms with Crippen molar-refractivity contribution in [1.29, 1.82) is 0 Å². The Morgan fingerprint density at radius 1 is 1.03 bits per heavy atom. The maximum atomic E-state index is 13.3. The van der Waals surface area contributed by atoms with E-state index in [0.717, 1.165) is 0 Å². The fraction of sp³-hybridized carbons (Fsp3) is 0.0800. The van der Waals surface area contributed by atoms with Crippen LogP contribution in [0, 0.1) is 12.7 Å². The van der Waals surface area contributed by atoms with Crippen LogP contribution < -0.4 is 15.5 Å². The molecule has 1 N–H and O–H groups in total. The number of aryl methyl sites for hydroxylation is 1. The molecule has 0 spiro atoms. The van der Waals surface area contributed by atoms with Gasteiger partial charge in [0, 0.05) is 16.1 Å². The highest BCUT2D eigenvalue weighted by Gasteiger charge is 2.23. The molecule has 4 rings (SSSR count). The highest BCUT2D eigenvalue weighted by Crippen LogP contribution is 2.34. The lowest BCUT2D eigenvalue weighted by molar-refractivity contribution is 0.102. The molecule has 0 unspecified atom stereocenters. The number of ether oxygens (including phenoxy) is 1. The van der Waals surface area contributed by atoms with Crippen molar-refractivity contribution in [2.24, 2.45) is 0 Å². The summed E-state index contributed by atoms with van der Waals surface area (Å²) in [5, 5.41) is 7.74. The van der Waals surface area contributed by atoms with Gasteiger partial charge in [0.2, 0.25) is 5.43 Å². The van der Waals surface area contributed by atoms with Crippen molar-refractivity contribution in [2.45, 2.75) is 6.92 Å². The molecule has 166 valence electrons. The molecule has 0 atom stereocenters. The number of para-hydroxylation sites is 1. The maximum Gasteiger partial charge on any atom is 0.256 e. The molecule has 1 heterocycles. The number of halogens is 2. The van der Waals surface area contributed by atoms with E-state index in [9.17, 15) is 14.0 Å². The summed E-state index contributed by atoms with van der Waals surface area (Å²) < 4.78 is 20.3. The Morgan fingerprint density at radius 3 is 2.36 bits per heavy atom. The fourth-order valence-electron chi connectivity index (χ4n) is 3.41. The van der Waals surface area contributed by atoms with E-state index in [1.807, 2.05) is 0 Å². The van der Waals surface area contributed by atoms with Gasteiger partial charge in [-0.3, -0.25) is 9.59 Å². The largest absolute Gasteiger partial charge is 0.496 e. The number of hydrogen-bond donors (Lipinski definition) is 1. The van der Waals surface area contributed by atoms with Gasteiger partial charge in [0.25, 0.3) is 5.91 Å². The van der Waals surface area contributed by atoms with Gasteiger partial charge in [0.15, 0.2) is 0 Å². The zero-order valence-electron chi connectivity index (χ0n) is 17.8. The Kier molecular flexibility index (Phi) is 6.24. The molecule has 33 heavy (non-hydrogen) atoms. The van der Waals surface area contributed by atoms with Crippen LogP contribution in [0.25, 0.3) is 16.8 Å². The van der Waals surface area contributed by atoms with Crippen molar-refractivity contribution in [3.8, 4) is 22.6 Å². The van der Waals surface area contributed by atoms with Gasteiger partial charge in [-0.05, 0) is 61.5 Å². The lowest BCUT2D eigenvalue weighted by atomic mass is 10.0. The number of aromatic nitrogens is 2. The number of nitrogens with one attached hydrogen (secondary N) is 1. The van der Waals surface area contributed by atoms with Crippen molar-refractivity contribution in [3.63, 3.8) is 0 Å². The quantitative estimate of drug-likeness (QED) is 0.438. The van der Waals surface area contributed by atoms with Crippen LogP contribution in [0.4, 0.5) is 10.2 Å². The summed E-state index contributed by atoms with van der Waals surface area (Å²) in [4.78, 5) is 26.4. The van der Waals surface area contributed by atoms with Crippen molar-refractivity contribution in [3.05, 3.63) is 105 Å². The van der Waals surface area contributed by atoms with Crippen LogP contribution in [-0.4, -0.2) is 22.8 Å². The first-order chi connectivity index (χ1) is 15.9. The van der Waals surface area contributed by atoms with Gasteiger partial charge in [-0.2, -0.15) is 5.10 Å². The molecular formula is C25H19ClFN3O3. The predicted molar refractivity (Wildman–Crippen MR) is 126 cm³/mol. The van der Waals surface area contributed by atoms with Gasteiger partial charge >= 0.3 is 0 Å². The average Bonchev–Trinajstić information content (AvgIpc) is 2.82. The Bertz CT molecular complexity index is 1380. The second kappa shape index (κ2) is 9.26. The third-order valence-corrected chi connectivity index (χ3v) is 5.29. The lowest BCUT2D eigenvalue weighted by Crippen LogP contribution is -2.25. The number of carbonyl (C=O) groups excluding carboxylic acids is 1. The first-order valence-electron chi connectivity index (χ1n) is 9.99. The second-order valence-electron chi connectivity index (χ2n) is 7.19. The van der Waals surface area contributed by atoms with Gasteiger partial charge in [-0.1, -0.05) is 29.8 Å². The predicted octanol–water partition coefficient (Wildman–Crippen LogP) is 5.26.